The molecule has 11 rings (SSSR count). The van der Waals surface area contributed by atoms with Crippen LogP contribution in [0.3, 0.4) is 0 Å². The number of fused-ring (bicyclic) bond motifs is 5. The van der Waals surface area contributed by atoms with E-state index in [0.717, 1.165) is 66.8 Å². The molecule has 57 heavy (non-hydrogen) atoms. The molecule has 4 nitrogen and oxygen atoms in total. The Morgan fingerprint density at radius 1 is 0.351 bits per heavy atom. The number of hydrogen-bond acceptors (Lipinski definition) is 4. The molecule has 9 aromatic carbocycles. The summed E-state index contributed by atoms with van der Waals surface area (Å²) in [5.41, 5.74) is 14.3. The zero-order valence-electron chi connectivity index (χ0n) is 30.8. The minimum atomic E-state index is 0.601. The van der Waals surface area contributed by atoms with Gasteiger partial charge < -0.3 is 13.7 Å². The standard InChI is InChI=1S/C53H34N2O2/c1-3-12-37(13-4-1)45-19-9-10-21-49(45)55(42-29-24-38(25-30-42)44-20-11-17-36-14-7-8-18-43(36)44)41-27-22-35(23-28-41)40-26-31-50-46(32-40)47-33-48-52(34-51(47)56-50)57-53(54-48)39-15-5-2-6-16-39/h1-34H. The van der Waals surface area contributed by atoms with E-state index in [1.807, 2.05) is 36.4 Å². The largest absolute Gasteiger partial charge is 0.456 e. The van der Waals surface area contributed by atoms with Crippen LogP contribution in [0.5, 0.6) is 0 Å². The lowest BCUT2D eigenvalue weighted by Gasteiger charge is -2.28. The van der Waals surface area contributed by atoms with Crippen LogP contribution in [0.15, 0.2) is 215 Å². The summed E-state index contributed by atoms with van der Waals surface area (Å²) in [6.45, 7) is 0. The fourth-order valence-corrected chi connectivity index (χ4v) is 8.11. The molecule has 4 heteroatoms. The maximum atomic E-state index is 6.33. The molecular formula is C53H34N2O2. The van der Waals surface area contributed by atoms with Gasteiger partial charge in [0.15, 0.2) is 5.58 Å². The van der Waals surface area contributed by atoms with Crippen molar-refractivity contribution in [2.45, 2.75) is 0 Å². The van der Waals surface area contributed by atoms with Gasteiger partial charge in [0.25, 0.3) is 0 Å². The van der Waals surface area contributed by atoms with Crippen molar-refractivity contribution >= 4 is 60.9 Å². The Kier molecular flexibility index (Phi) is 7.78. The summed E-state index contributed by atoms with van der Waals surface area (Å²) in [6, 6.07) is 72.6. The normalized spacial score (nSPS) is 11.5. The lowest BCUT2D eigenvalue weighted by molar-refractivity contribution is 0.617. The summed E-state index contributed by atoms with van der Waals surface area (Å²) in [5, 5.41) is 4.55. The lowest BCUT2D eigenvalue weighted by atomic mass is 9.97. The molecule has 0 radical (unpaired) electrons. The summed E-state index contributed by atoms with van der Waals surface area (Å²) in [6.07, 6.45) is 0. The number of benzene rings is 9. The second kappa shape index (κ2) is 13.6. The highest BCUT2D eigenvalue weighted by Crippen LogP contribution is 2.43. The maximum absolute atomic E-state index is 6.33. The van der Waals surface area contributed by atoms with Gasteiger partial charge in [-0.1, -0.05) is 140 Å². The molecule has 0 spiro atoms. The molecule has 2 aromatic heterocycles. The van der Waals surface area contributed by atoms with Gasteiger partial charge in [-0.25, -0.2) is 4.98 Å². The SMILES string of the molecule is c1ccc(-c2nc3cc4c(cc3o2)oc2ccc(-c3ccc(N(c5ccc(-c6cccc7ccccc67)cc5)c5ccccc5-c5ccccc5)cc3)cc24)cc1. The summed E-state index contributed by atoms with van der Waals surface area (Å²) >= 11 is 0. The Balaban J connectivity index is 0.985. The smallest absolute Gasteiger partial charge is 0.227 e. The Morgan fingerprint density at radius 2 is 0.947 bits per heavy atom. The topological polar surface area (TPSA) is 42.4 Å². The van der Waals surface area contributed by atoms with Gasteiger partial charge in [-0.2, -0.15) is 0 Å². The first-order valence-electron chi connectivity index (χ1n) is 19.2. The number of anilines is 3. The van der Waals surface area contributed by atoms with Crippen LogP contribution in [0.1, 0.15) is 0 Å². The molecule has 0 saturated heterocycles. The number of furan rings is 1. The van der Waals surface area contributed by atoms with Gasteiger partial charge in [0.2, 0.25) is 5.89 Å². The van der Waals surface area contributed by atoms with Gasteiger partial charge in [0, 0.05) is 39.3 Å². The van der Waals surface area contributed by atoms with E-state index >= 15 is 0 Å². The molecule has 0 fully saturated rings. The molecule has 0 saturated carbocycles. The third-order valence-corrected chi connectivity index (χ3v) is 10.9. The molecule has 0 atom stereocenters. The molecule has 0 bridgehead atoms. The van der Waals surface area contributed by atoms with Gasteiger partial charge in [-0.3, -0.25) is 0 Å². The van der Waals surface area contributed by atoms with Gasteiger partial charge in [0.05, 0.1) is 5.69 Å². The fourth-order valence-electron chi connectivity index (χ4n) is 8.11. The second-order valence-corrected chi connectivity index (χ2v) is 14.4. The Bertz CT molecular complexity index is 3210. The zero-order chi connectivity index (χ0) is 37.7. The molecular weight excluding hydrogens is 697 g/mol. The minimum Gasteiger partial charge on any atom is -0.456 e. The van der Waals surface area contributed by atoms with Crippen molar-refractivity contribution in [2.75, 3.05) is 4.90 Å². The van der Waals surface area contributed by atoms with Crippen LogP contribution in [0, 0.1) is 0 Å². The van der Waals surface area contributed by atoms with Crippen LogP contribution in [-0.4, -0.2) is 4.98 Å². The molecule has 0 unspecified atom stereocenters. The van der Waals surface area contributed by atoms with Crippen LogP contribution in [0.2, 0.25) is 0 Å². The number of aromatic nitrogens is 1. The first kappa shape index (κ1) is 32.7. The van der Waals surface area contributed by atoms with Crippen molar-refractivity contribution in [2.24, 2.45) is 0 Å². The number of hydrogen-bond donors (Lipinski definition) is 0. The van der Waals surface area contributed by atoms with E-state index in [1.54, 1.807) is 0 Å². The summed E-state index contributed by atoms with van der Waals surface area (Å²) < 4.78 is 12.5. The van der Waals surface area contributed by atoms with Gasteiger partial charge >= 0.3 is 0 Å². The Hall–Kier alpha value is -7.69. The van der Waals surface area contributed by atoms with Gasteiger partial charge in [0.1, 0.15) is 16.7 Å². The molecule has 268 valence electrons. The molecule has 11 aromatic rings. The molecule has 0 aliphatic carbocycles. The quantitative estimate of drug-likeness (QED) is 0.164. The van der Waals surface area contributed by atoms with E-state index < -0.39 is 0 Å². The monoisotopic (exact) mass is 730 g/mol. The Labute approximate surface area is 329 Å². The highest BCUT2D eigenvalue weighted by molar-refractivity contribution is 6.10. The minimum absolute atomic E-state index is 0.601. The van der Waals surface area contributed by atoms with Crippen molar-refractivity contribution in [1.29, 1.82) is 0 Å². The third-order valence-electron chi connectivity index (χ3n) is 10.9. The van der Waals surface area contributed by atoms with Crippen molar-refractivity contribution in [3.63, 3.8) is 0 Å². The van der Waals surface area contributed by atoms with E-state index in [2.05, 4.69) is 175 Å². The number of para-hydroxylation sites is 1. The number of nitrogens with zero attached hydrogens (tertiary/aromatic N) is 2. The van der Waals surface area contributed by atoms with E-state index in [0.29, 0.717) is 11.5 Å². The first-order chi connectivity index (χ1) is 28.2. The van der Waals surface area contributed by atoms with Gasteiger partial charge in [-0.05, 0) is 99.3 Å². The molecule has 0 amide bonds. The molecule has 0 aliphatic heterocycles. The first-order valence-corrected chi connectivity index (χ1v) is 19.2. The predicted octanol–water partition coefficient (Wildman–Crippen LogP) is 15.0. The van der Waals surface area contributed by atoms with Crippen molar-refractivity contribution in [1.82, 2.24) is 4.98 Å². The van der Waals surface area contributed by atoms with E-state index in [1.165, 1.54) is 27.5 Å². The average molecular weight is 731 g/mol. The van der Waals surface area contributed by atoms with Crippen molar-refractivity contribution < 1.29 is 8.83 Å². The average Bonchev–Trinajstić information content (AvgIpc) is 3.87. The summed E-state index contributed by atoms with van der Waals surface area (Å²) in [5.74, 6) is 0.601. The van der Waals surface area contributed by atoms with Crippen molar-refractivity contribution in [3.05, 3.63) is 206 Å². The van der Waals surface area contributed by atoms with Crippen LogP contribution in [-0.2, 0) is 0 Å². The van der Waals surface area contributed by atoms with Crippen LogP contribution in [0.25, 0.3) is 88.6 Å². The van der Waals surface area contributed by atoms with E-state index in [-0.39, 0.29) is 0 Å². The highest BCUT2D eigenvalue weighted by Gasteiger charge is 2.19. The summed E-state index contributed by atoms with van der Waals surface area (Å²) in [7, 11) is 0. The number of rotatable bonds is 7. The zero-order valence-corrected chi connectivity index (χ0v) is 30.8. The lowest BCUT2D eigenvalue weighted by Crippen LogP contribution is -2.11. The van der Waals surface area contributed by atoms with Crippen molar-refractivity contribution in [3.8, 4) is 44.8 Å². The Morgan fingerprint density at radius 3 is 1.74 bits per heavy atom. The highest BCUT2D eigenvalue weighted by atomic mass is 16.4. The van der Waals surface area contributed by atoms with E-state index in [4.69, 9.17) is 13.8 Å². The van der Waals surface area contributed by atoms with Crippen LogP contribution >= 0.6 is 0 Å². The second-order valence-electron chi connectivity index (χ2n) is 14.4. The van der Waals surface area contributed by atoms with E-state index in [9.17, 15) is 0 Å². The predicted molar refractivity (Wildman–Crippen MR) is 235 cm³/mol. The van der Waals surface area contributed by atoms with Crippen LogP contribution < -0.4 is 4.90 Å². The molecule has 0 N–H and O–H groups in total. The molecule has 0 aliphatic rings. The number of oxazole rings is 1. The molecule has 2 heterocycles. The van der Waals surface area contributed by atoms with Gasteiger partial charge in [-0.15, -0.1) is 0 Å². The maximum Gasteiger partial charge on any atom is 0.227 e. The van der Waals surface area contributed by atoms with Crippen LogP contribution in [0.4, 0.5) is 17.1 Å². The third kappa shape index (κ3) is 5.83. The summed E-state index contributed by atoms with van der Waals surface area (Å²) in [4.78, 5) is 7.18. The fraction of sp³-hybridized carbons (Fsp3) is 0.